The van der Waals surface area contributed by atoms with Crippen LogP contribution in [0.5, 0.6) is 0 Å². The van der Waals surface area contributed by atoms with Crippen LogP contribution in [-0.4, -0.2) is 39.9 Å². The summed E-state index contributed by atoms with van der Waals surface area (Å²) in [5, 5.41) is 5.13. The van der Waals surface area contributed by atoms with Crippen molar-refractivity contribution in [1.29, 1.82) is 0 Å². The van der Waals surface area contributed by atoms with Crippen LogP contribution in [0.25, 0.3) is 21.5 Å². The summed E-state index contributed by atoms with van der Waals surface area (Å²) in [4.78, 5) is 25.1. The number of carbonyl (C=O) groups excluding carboxylic acids is 1. The average molecular weight is 500 g/mol. The predicted octanol–water partition coefficient (Wildman–Crippen LogP) is 5.02. The van der Waals surface area contributed by atoms with Gasteiger partial charge in [-0.1, -0.05) is 72.8 Å². The number of primary amides is 1. The fourth-order valence-corrected chi connectivity index (χ4v) is 6.22. The Morgan fingerprint density at radius 1 is 0.763 bits per heavy atom. The number of carbonyl (C=O) groups is 1. The Labute approximate surface area is 221 Å². The molecule has 2 atom stereocenters. The molecule has 6 heteroatoms. The third-order valence-corrected chi connectivity index (χ3v) is 8.18. The van der Waals surface area contributed by atoms with Gasteiger partial charge >= 0.3 is 0 Å². The first-order valence-electron chi connectivity index (χ1n) is 13.2. The van der Waals surface area contributed by atoms with E-state index < -0.39 is 5.91 Å². The lowest BCUT2D eigenvalue weighted by Gasteiger charge is -2.28. The standard InChI is InChI=1S/C32H29N5O/c33-31(38)27-15-34-32(35-16-27)37-19-28-29(20-37)30(28)36(17-21-9-11-23-5-1-3-7-25(23)13-21)18-22-10-12-24-6-2-4-8-26(24)14-22/h1-16,28-30H,17-20H2,(H2,33,38). The van der Waals surface area contributed by atoms with Gasteiger partial charge in [-0.2, -0.15) is 0 Å². The number of amides is 1. The average Bonchev–Trinajstić information content (AvgIpc) is 3.45. The lowest BCUT2D eigenvalue weighted by Crippen LogP contribution is -2.35. The zero-order chi connectivity index (χ0) is 25.6. The monoisotopic (exact) mass is 499 g/mol. The molecule has 1 saturated carbocycles. The van der Waals surface area contributed by atoms with Gasteiger partial charge in [0.2, 0.25) is 5.95 Å². The second kappa shape index (κ2) is 9.23. The van der Waals surface area contributed by atoms with Gasteiger partial charge in [-0.05, 0) is 56.6 Å². The molecule has 1 saturated heterocycles. The van der Waals surface area contributed by atoms with Crippen LogP contribution in [0.15, 0.2) is 97.3 Å². The van der Waals surface area contributed by atoms with Crippen molar-refractivity contribution in [2.24, 2.45) is 17.6 Å². The lowest BCUT2D eigenvalue weighted by atomic mass is 10.0. The molecule has 2 aliphatic rings. The van der Waals surface area contributed by atoms with E-state index in [0.29, 0.717) is 29.4 Å². The van der Waals surface area contributed by atoms with Gasteiger partial charge in [0.05, 0.1) is 5.56 Å². The zero-order valence-corrected chi connectivity index (χ0v) is 21.1. The minimum absolute atomic E-state index is 0.341. The van der Waals surface area contributed by atoms with E-state index in [2.05, 4.69) is 105 Å². The molecule has 2 fully saturated rings. The topological polar surface area (TPSA) is 75.4 Å². The number of nitrogens with zero attached hydrogens (tertiary/aromatic N) is 4. The molecule has 38 heavy (non-hydrogen) atoms. The van der Waals surface area contributed by atoms with E-state index in [0.717, 1.165) is 26.2 Å². The molecule has 1 aliphatic heterocycles. The number of rotatable bonds is 7. The van der Waals surface area contributed by atoms with Gasteiger partial charge in [-0.3, -0.25) is 9.69 Å². The van der Waals surface area contributed by atoms with E-state index >= 15 is 0 Å². The molecule has 188 valence electrons. The van der Waals surface area contributed by atoms with Gasteiger partial charge in [-0.25, -0.2) is 9.97 Å². The number of piperidine rings is 1. The Balaban J connectivity index is 1.13. The van der Waals surface area contributed by atoms with Crippen molar-refractivity contribution in [3.63, 3.8) is 0 Å². The predicted molar refractivity (Wildman–Crippen MR) is 151 cm³/mol. The highest BCUT2D eigenvalue weighted by atomic mass is 16.1. The molecule has 0 spiro atoms. The molecule has 2 unspecified atom stereocenters. The lowest BCUT2D eigenvalue weighted by molar-refractivity contribution is 0.0999. The zero-order valence-electron chi connectivity index (χ0n) is 21.1. The van der Waals surface area contributed by atoms with Crippen LogP contribution < -0.4 is 10.6 Å². The van der Waals surface area contributed by atoms with Gasteiger partial charge in [0.1, 0.15) is 0 Å². The van der Waals surface area contributed by atoms with Crippen molar-refractivity contribution in [1.82, 2.24) is 14.9 Å². The van der Waals surface area contributed by atoms with E-state index in [4.69, 9.17) is 5.73 Å². The minimum atomic E-state index is -0.501. The largest absolute Gasteiger partial charge is 0.366 e. The summed E-state index contributed by atoms with van der Waals surface area (Å²) in [6.45, 7) is 3.69. The molecular weight excluding hydrogens is 470 g/mol. The maximum Gasteiger partial charge on any atom is 0.251 e. The molecule has 1 aliphatic carbocycles. The summed E-state index contributed by atoms with van der Waals surface area (Å²) in [5.74, 6) is 1.33. The maximum absolute atomic E-state index is 11.4. The van der Waals surface area contributed by atoms with Crippen LogP contribution in [0.4, 0.5) is 5.95 Å². The summed E-state index contributed by atoms with van der Waals surface area (Å²) >= 11 is 0. The quantitative estimate of drug-likeness (QED) is 0.340. The van der Waals surface area contributed by atoms with Crippen LogP contribution in [-0.2, 0) is 13.1 Å². The van der Waals surface area contributed by atoms with Gasteiger partial charge in [0.15, 0.2) is 0 Å². The van der Waals surface area contributed by atoms with Crippen molar-refractivity contribution < 1.29 is 4.79 Å². The van der Waals surface area contributed by atoms with Gasteiger partial charge in [-0.15, -0.1) is 0 Å². The Kier molecular flexibility index (Phi) is 5.55. The summed E-state index contributed by atoms with van der Waals surface area (Å²) in [6, 6.07) is 31.3. The van der Waals surface area contributed by atoms with Crippen LogP contribution >= 0.6 is 0 Å². The Morgan fingerprint density at radius 2 is 1.26 bits per heavy atom. The van der Waals surface area contributed by atoms with Gasteiger partial charge < -0.3 is 10.6 Å². The molecule has 1 amide bonds. The smallest absolute Gasteiger partial charge is 0.251 e. The van der Waals surface area contributed by atoms with Crippen LogP contribution in [0, 0.1) is 11.8 Å². The third kappa shape index (κ3) is 4.27. The second-order valence-electron chi connectivity index (χ2n) is 10.6. The summed E-state index contributed by atoms with van der Waals surface area (Å²) in [5.41, 5.74) is 8.38. The number of hydrogen-bond donors (Lipinski definition) is 1. The van der Waals surface area contributed by atoms with E-state index in [1.165, 1.54) is 45.1 Å². The number of anilines is 1. The fraction of sp³-hybridized carbons (Fsp3) is 0.219. The summed E-state index contributed by atoms with van der Waals surface area (Å²) in [7, 11) is 0. The highest BCUT2D eigenvalue weighted by Gasteiger charge is 2.58. The molecule has 6 nitrogen and oxygen atoms in total. The molecular formula is C32H29N5O. The first-order valence-corrected chi connectivity index (χ1v) is 13.2. The molecule has 7 rings (SSSR count). The normalized spacial score (nSPS) is 20.2. The number of fused-ring (bicyclic) bond motifs is 3. The van der Waals surface area contributed by atoms with Crippen LogP contribution in [0.1, 0.15) is 21.5 Å². The van der Waals surface area contributed by atoms with E-state index in [1.807, 2.05) is 0 Å². The highest BCUT2D eigenvalue weighted by molar-refractivity contribution is 5.92. The van der Waals surface area contributed by atoms with Crippen LogP contribution in [0.3, 0.4) is 0 Å². The Hall–Kier alpha value is -4.29. The molecule has 2 heterocycles. The summed E-state index contributed by atoms with van der Waals surface area (Å²) in [6.07, 6.45) is 3.05. The number of benzene rings is 4. The fourth-order valence-electron chi connectivity index (χ4n) is 6.22. The van der Waals surface area contributed by atoms with Crippen molar-refractivity contribution >= 4 is 33.4 Å². The Morgan fingerprint density at radius 3 is 1.76 bits per heavy atom. The van der Waals surface area contributed by atoms with Gasteiger partial charge in [0, 0.05) is 44.6 Å². The number of hydrogen-bond acceptors (Lipinski definition) is 5. The maximum atomic E-state index is 11.4. The van der Waals surface area contributed by atoms with E-state index in [9.17, 15) is 4.79 Å². The molecule has 4 aromatic carbocycles. The minimum Gasteiger partial charge on any atom is -0.366 e. The first kappa shape index (κ1) is 22.9. The van der Waals surface area contributed by atoms with Crippen molar-refractivity contribution in [3.8, 4) is 0 Å². The van der Waals surface area contributed by atoms with Crippen molar-refractivity contribution in [2.45, 2.75) is 19.1 Å². The second-order valence-corrected chi connectivity index (χ2v) is 10.6. The first-order chi connectivity index (χ1) is 18.6. The SMILES string of the molecule is NC(=O)c1cnc(N2CC3C(C2)C3N(Cc2ccc3ccccc3c2)Cc2ccc3ccccc3c2)nc1. The van der Waals surface area contributed by atoms with E-state index in [-0.39, 0.29) is 0 Å². The van der Waals surface area contributed by atoms with E-state index in [1.54, 1.807) is 0 Å². The molecule has 1 aromatic heterocycles. The summed E-state index contributed by atoms with van der Waals surface area (Å²) < 4.78 is 0. The molecule has 2 N–H and O–H groups in total. The molecule has 5 aromatic rings. The number of aromatic nitrogens is 2. The van der Waals surface area contributed by atoms with Gasteiger partial charge in [0.25, 0.3) is 5.91 Å². The molecule has 0 radical (unpaired) electrons. The number of nitrogens with two attached hydrogens (primary N) is 1. The van der Waals surface area contributed by atoms with Crippen LogP contribution in [0.2, 0.25) is 0 Å². The molecule has 0 bridgehead atoms. The highest BCUT2D eigenvalue weighted by Crippen LogP contribution is 2.50. The van der Waals surface area contributed by atoms with Crippen molar-refractivity contribution in [3.05, 3.63) is 114 Å². The third-order valence-electron chi connectivity index (χ3n) is 8.18. The van der Waals surface area contributed by atoms with Crippen molar-refractivity contribution in [2.75, 3.05) is 18.0 Å². The Bertz CT molecular complexity index is 1560.